The van der Waals surface area contributed by atoms with Gasteiger partial charge in [-0.15, -0.1) is 5.10 Å². The van der Waals surface area contributed by atoms with Crippen LogP contribution in [0.15, 0.2) is 16.8 Å². The average Bonchev–Trinajstić information content (AvgIpc) is 2.99. The zero-order valence-corrected chi connectivity index (χ0v) is 10.3. The van der Waals surface area contributed by atoms with Crippen molar-refractivity contribution in [3.63, 3.8) is 0 Å². The molecule has 90 valence electrons. The van der Waals surface area contributed by atoms with E-state index in [1.165, 1.54) is 5.56 Å². The number of nitrogens with two attached hydrogens (primary N) is 1. The largest absolute Gasteiger partial charge is 0.338 e. The SMILES string of the molecule is NC1CCN(c2n[nH]c(Cc3ccsc3)n2)C1. The summed E-state index contributed by atoms with van der Waals surface area (Å²) in [4.78, 5) is 6.65. The van der Waals surface area contributed by atoms with E-state index in [2.05, 4.69) is 36.9 Å². The summed E-state index contributed by atoms with van der Waals surface area (Å²) >= 11 is 1.70. The van der Waals surface area contributed by atoms with Gasteiger partial charge in [-0.05, 0) is 28.8 Å². The van der Waals surface area contributed by atoms with Crippen molar-refractivity contribution in [2.75, 3.05) is 18.0 Å². The first kappa shape index (κ1) is 10.7. The highest BCUT2D eigenvalue weighted by atomic mass is 32.1. The lowest BCUT2D eigenvalue weighted by molar-refractivity contribution is 0.750. The molecule has 0 amide bonds. The standard InChI is InChI=1S/C11H15N5S/c12-9-1-3-16(6-9)11-13-10(14-15-11)5-8-2-4-17-7-8/h2,4,7,9H,1,3,5-6,12H2,(H,13,14,15). The van der Waals surface area contributed by atoms with Crippen LogP contribution in [0, 0.1) is 0 Å². The van der Waals surface area contributed by atoms with Crippen LogP contribution in [0.25, 0.3) is 0 Å². The Balaban J connectivity index is 1.70. The second kappa shape index (κ2) is 4.46. The Hall–Kier alpha value is -1.40. The van der Waals surface area contributed by atoms with Gasteiger partial charge in [-0.25, -0.2) is 0 Å². The van der Waals surface area contributed by atoms with Gasteiger partial charge in [-0.2, -0.15) is 16.3 Å². The van der Waals surface area contributed by atoms with Gasteiger partial charge in [0.2, 0.25) is 5.95 Å². The molecule has 3 heterocycles. The van der Waals surface area contributed by atoms with Crippen LogP contribution in [0.5, 0.6) is 0 Å². The number of H-pyrrole nitrogens is 1. The highest BCUT2D eigenvalue weighted by Crippen LogP contribution is 2.16. The van der Waals surface area contributed by atoms with Gasteiger partial charge in [0, 0.05) is 25.6 Å². The van der Waals surface area contributed by atoms with E-state index in [0.29, 0.717) is 0 Å². The summed E-state index contributed by atoms with van der Waals surface area (Å²) < 4.78 is 0. The number of aromatic nitrogens is 3. The summed E-state index contributed by atoms with van der Waals surface area (Å²) in [6.07, 6.45) is 1.84. The average molecular weight is 249 g/mol. The topological polar surface area (TPSA) is 70.8 Å². The fourth-order valence-electron chi connectivity index (χ4n) is 2.06. The minimum Gasteiger partial charge on any atom is -0.338 e. The fourth-order valence-corrected chi connectivity index (χ4v) is 2.73. The first-order chi connectivity index (χ1) is 8.31. The summed E-state index contributed by atoms with van der Waals surface area (Å²) in [5.41, 5.74) is 7.15. The monoisotopic (exact) mass is 249 g/mol. The number of rotatable bonds is 3. The van der Waals surface area contributed by atoms with Crippen LogP contribution in [0.1, 0.15) is 17.8 Å². The van der Waals surface area contributed by atoms with Crippen LogP contribution in [-0.2, 0) is 6.42 Å². The third-order valence-corrected chi connectivity index (χ3v) is 3.71. The van der Waals surface area contributed by atoms with Gasteiger partial charge in [0.05, 0.1) is 0 Å². The van der Waals surface area contributed by atoms with Crippen molar-refractivity contribution in [2.24, 2.45) is 5.73 Å². The van der Waals surface area contributed by atoms with Gasteiger partial charge < -0.3 is 10.6 Å². The molecule has 1 atom stereocenters. The Morgan fingerprint density at radius 3 is 3.24 bits per heavy atom. The van der Waals surface area contributed by atoms with Crippen molar-refractivity contribution >= 4 is 17.3 Å². The van der Waals surface area contributed by atoms with Crippen molar-refractivity contribution in [3.05, 3.63) is 28.2 Å². The molecule has 1 aliphatic heterocycles. The first-order valence-corrected chi connectivity index (χ1v) is 6.68. The molecule has 6 heteroatoms. The third-order valence-electron chi connectivity index (χ3n) is 2.98. The second-order valence-electron chi connectivity index (χ2n) is 4.39. The Labute approximate surface area is 104 Å². The van der Waals surface area contributed by atoms with E-state index >= 15 is 0 Å². The number of nitrogens with zero attached hydrogens (tertiary/aromatic N) is 3. The van der Waals surface area contributed by atoms with E-state index in [1.807, 2.05) is 0 Å². The fraction of sp³-hybridized carbons (Fsp3) is 0.455. The molecular weight excluding hydrogens is 234 g/mol. The number of hydrogen-bond acceptors (Lipinski definition) is 5. The van der Waals surface area contributed by atoms with Crippen molar-refractivity contribution in [2.45, 2.75) is 18.9 Å². The Kier molecular flexibility index (Phi) is 2.82. The van der Waals surface area contributed by atoms with Crippen LogP contribution in [0.2, 0.25) is 0 Å². The van der Waals surface area contributed by atoms with Gasteiger partial charge in [-0.3, -0.25) is 5.10 Å². The van der Waals surface area contributed by atoms with Gasteiger partial charge >= 0.3 is 0 Å². The molecule has 17 heavy (non-hydrogen) atoms. The van der Waals surface area contributed by atoms with Gasteiger partial charge in [0.25, 0.3) is 0 Å². The van der Waals surface area contributed by atoms with Crippen LogP contribution in [0.4, 0.5) is 5.95 Å². The first-order valence-electron chi connectivity index (χ1n) is 5.74. The molecular formula is C11H15N5S. The minimum atomic E-state index is 0.258. The highest BCUT2D eigenvalue weighted by molar-refractivity contribution is 7.07. The van der Waals surface area contributed by atoms with Gasteiger partial charge in [-0.1, -0.05) is 0 Å². The van der Waals surface area contributed by atoms with Crippen LogP contribution < -0.4 is 10.6 Å². The van der Waals surface area contributed by atoms with E-state index in [-0.39, 0.29) is 6.04 Å². The van der Waals surface area contributed by atoms with Crippen LogP contribution in [0.3, 0.4) is 0 Å². The van der Waals surface area contributed by atoms with Crippen LogP contribution >= 0.6 is 11.3 Å². The summed E-state index contributed by atoms with van der Waals surface area (Å²) in [7, 11) is 0. The molecule has 3 rings (SSSR count). The maximum Gasteiger partial charge on any atom is 0.244 e. The lowest BCUT2D eigenvalue weighted by Gasteiger charge is -2.11. The van der Waals surface area contributed by atoms with E-state index in [1.54, 1.807) is 11.3 Å². The van der Waals surface area contributed by atoms with E-state index < -0.39 is 0 Å². The molecule has 0 aromatic carbocycles. The van der Waals surface area contributed by atoms with Crippen molar-refractivity contribution in [1.82, 2.24) is 15.2 Å². The quantitative estimate of drug-likeness (QED) is 0.851. The van der Waals surface area contributed by atoms with Crippen molar-refractivity contribution < 1.29 is 0 Å². The molecule has 1 saturated heterocycles. The van der Waals surface area contributed by atoms with Gasteiger partial charge in [0.1, 0.15) is 5.82 Å². The number of nitrogens with one attached hydrogen (secondary N) is 1. The zero-order valence-electron chi connectivity index (χ0n) is 9.47. The Morgan fingerprint density at radius 2 is 2.53 bits per heavy atom. The Bertz CT molecular complexity index is 478. The maximum absolute atomic E-state index is 5.87. The summed E-state index contributed by atoms with van der Waals surface area (Å²) in [6.45, 7) is 1.81. The van der Waals surface area contributed by atoms with Crippen molar-refractivity contribution in [1.29, 1.82) is 0 Å². The summed E-state index contributed by atoms with van der Waals surface area (Å²) in [6, 6.07) is 2.37. The molecule has 2 aromatic heterocycles. The molecule has 0 radical (unpaired) electrons. The lowest BCUT2D eigenvalue weighted by Crippen LogP contribution is -2.27. The second-order valence-corrected chi connectivity index (χ2v) is 5.17. The molecule has 0 saturated carbocycles. The molecule has 1 aliphatic rings. The number of hydrogen-bond donors (Lipinski definition) is 2. The Morgan fingerprint density at radius 1 is 1.59 bits per heavy atom. The van der Waals surface area contributed by atoms with Crippen molar-refractivity contribution in [3.8, 4) is 0 Å². The predicted molar refractivity (Wildman–Crippen MR) is 68.3 cm³/mol. The number of thiophene rings is 1. The zero-order chi connectivity index (χ0) is 11.7. The normalized spacial score (nSPS) is 20.1. The molecule has 2 aromatic rings. The molecule has 5 nitrogen and oxygen atoms in total. The third kappa shape index (κ3) is 2.32. The maximum atomic E-state index is 5.87. The molecule has 1 fully saturated rings. The molecule has 0 aliphatic carbocycles. The number of anilines is 1. The van der Waals surface area contributed by atoms with E-state index in [0.717, 1.165) is 37.7 Å². The number of aromatic amines is 1. The minimum absolute atomic E-state index is 0.258. The van der Waals surface area contributed by atoms with E-state index in [4.69, 9.17) is 5.73 Å². The molecule has 0 spiro atoms. The molecule has 0 bridgehead atoms. The predicted octanol–water partition coefficient (Wildman–Crippen LogP) is 0.994. The van der Waals surface area contributed by atoms with Gasteiger partial charge in [0.15, 0.2) is 0 Å². The summed E-state index contributed by atoms with van der Waals surface area (Å²) in [5, 5.41) is 11.5. The lowest BCUT2D eigenvalue weighted by atomic mass is 10.2. The molecule has 1 unspecified atom stereocenters. The molecule has 3 N–H and O–H groups in total. The highest BCUT2D eigenvalue weighted by Gasteiger charge is 2.22. The van der Waals surface area contributed by atoms with Crippen LogP contribution in [-0.4, -0.2) is 34.3 Å². The summed E-state index contributed by atoms with van der Waals surface area (Å²) in [5.74, 6) is 1.70. The smallest absolute Gasteiger partial charge is 0.244 e. The van der Waals surface area contributed by atoms with E-state index in [9.17, 15) is 0 Å².